The van der Waals surface area contributed by atoms with Crippen LogP contribution in [0, 0.1) is 0 Å². The Morgan fingerprint density at radius 3 is 0.804 bits per heavy atom. The summed E-state index contributed by atoms with van der Waals surface area (Å²) in [7, 11) is 0. The van der Waals surface area contributed by atoms with Gasteiger partial charge < -0.3 is 35.4 Å². The lowest BCUT2D eigenvalue weighted by Crippen LogP contribution is -2.11. The molecule has 0 fully saturated rings. The number of carbonyl (C=O) groups is 7. The minimum atomic E-state index is -1.62. The number of benzene rings is 5. The number of hydrogen-bond acceptors (Lipinski definition) is 8. The molecule has 14 heteroatoms. The van der Waals surface area contributed by atoms with Crippen LogP contribution in [-0.4, -0.2) is 72.4 Å². The van der Waals surface area contributed by atoms with Crippen molar-refractivity contribution in [3.05, 3.63) is 100 Å². The fraction of sp³-hybridized carbons (Fsp3) is 0.0312. The molecule has 5 aromatic carbocycles. The van der Waals surface area contributed by atoms with Gasteiger partial charge in [-0.25, -0.2) is 28.8 Å². The van der Waals surface area contributed by atoms with Crippen molar-refractivity contribution in [2.24, 2.45) is 0 Å². The maximum atomic E-state index is 11.8. The number of hydrogen-bond donors (Lipinski definition) is 6. The summed E-state index contributed by atoms with van der Waals surface area (Å²) in [4.78, 5) is 81.0. The predicted octanol–water partition coefficient (Wildman–Crippen LogP) is 4.95. The Hall–Kier alpha value is -6.83. The maximum Gasteiger partial charge on any atom is 0.336 e. The van der Waals surface area contributed by atoms with Crippen LogP contribution in [0.5, 0.6) is 5.75 Å². The van der Waals surface area contributed by atoms with Gasteiger partial charge in [-0.3, -0.25) is 4.79 Å². The van der Waals surface area contributed by atoms with E-state index in [0.717, 1.165) is 36.4 Å². The molecule has 0 bridgehead atoms. The molecule has 14 nitrogen and oxygen atoms in total. The number of aromatic carboxylic acids is 6. The van der Waals surface area contributed by atoms with Crippen LogP contribution in [-0.2, 0) is 4.79 Å². The molecule has 46 heavy (non-hydrogen) atoms. The van der Waals surface area contributed by atoms with Gasteiger partial charge >= 0.3 is 41.8 Å². The van der Waals surface area contributed by atoms with E-state index in [1.54, 1.807) is 12.1 Å². The van der Waals surface area contributed by atoms with Crippen molar-refractivity contribution < 1.29 is 68.9 Å². The van der Waals surface area contributed by atoms with Crippen LogP contribution in [0.25, 0.3) is 32.3 Å². The summed E-state index contributed by atoms with van der Waals surface area (Å²) in [6, 6.07) is 14.7. The molecule has 5 aromatic rings. The van der Waals surface area contributed by atoms with Crippen LogP contribution in [0.15, 0.2) is 66.7 Å². The molecule has 232 valence electrons. The number of ether oxygens (including phenoxy) is 1. The number of para-hydroxylation sites is 1. The summed E-state index contributed by atoms with van der Waals surface area (Å²) in [5.41, 5.74) is -3.94. The lowest BCUT2D eigenvalue weighted by Gasteiger charge is -2.16. The number of carboxylic acid groups (broad SMARTS) is 6. The van der Waals surface area contributed by atoms with Gasteiger partial charge in [0.2, 0.25) is 0 Å². The molecule has 0 spiro atoms. The van der Waals surface area contributed by atoms with Crippen LogP contribution < -0.4 is 4.74 Å². The van der Waals surface area contributed by atoms with Gasteiger partial charge in [0.05, 0.1) is 33.4 Å². The largest absolute Gasteiger partial charge is 0.478 e. The highest BCUT2D eigenvalue weighted by Gasteiger charge is 2.25. The van der Waals surface area contributed by atoms with Crippen molar-refractivity contribution >= 4 is 74.1 Å². The molecule has 0 radical (unpaired) electrons. The van der Waals surface area contributed by atoms with E-state index in [-0.39, 0.29) is 38.3 Å². The summed E-state index contributed by atoms with van der Waals surface area (Å²) in [5, 5.41) is 57.2. The number of esters is 1. The predicted molar refractivity (Wildman–Crippen MR) is 158 cm³/mol. The Balaban J connectivity index is 0.000000409. The minimum absolute atomic E-state index is 0.0150. The molecule has 0 saturated heterocycles. The Labute approximate surface area is 255 Å². The van der Waals surface area contributed by atoms with Crippen molar-refractivity contribution in [2.45, 2.75) is 6.92 Å². The Bertz CT molecular complexity index is 1800. The first kappa shape index (κ1) is 32.1. The van der Waals surface area contributed by atoms with Gasteiger partial charge in [-0.05, 0) is 80.8 Å². The molecule has 0 aliphatic carbocycles. The number of rotatable bonds is 7. The van der Waals surface area contributed by atoms with Gasteiger partial charge in [-0.15, -0.1) is 0 Å². The summed E-state index contributed by atoms with van der Waals surface area (Å²) in [6.07, 6.45) is 0. The van der Waals surface area contributed by atoms with Crippen molar-refractivity contribution in [1.82, 2.24) is 0 Å². The highest BCUT2D eigenvalue weighted by Crippen LogP contribution is 2.39. The standard InChI is InChI=1S/C24H12O12.C8H8O2/c25-19(26)13-1-7-8(2-14(13)20(27)28)10-4-17(23(33)34)18(24(35)36)6-12(10)11-5-16(22(31)32)15(21(29)30)3-9(7)11;1-7(9)10-8-5-3-2-4-6-8/h1-6H,(H,25,26)(H,27,28)(H,29,30)(H,31,32)(H,33,34)(H,35,36);2-6H,1H3. The van der Waals surface area contributed by atoms with Crippen LogP contribution in [0.3, 0.4) is 0 Å². The third-order valence-corrected chi connectivity index (χ3v) is 6.73. The van der Waals surface area contributed by atoms with E-state index in [9.17, 15) is 64.2 Å². The van der Waals surface area contributed by atoms with Crippen molar-refractivity contribution in [3.63, 3.8) is 0 Å². The topological polar surface area (TPSA) is 250 Å². The zero-order valence-electron chi connectivity index (χ0n) is 23.3. The zero-order chi connectivity index (χ0) is 34.0. The van der Waals surface area contributed by atoms with Gasteiger partial charge in [0.1, 0.15) is 5.75 Å². The molecule has 5 rings (SSSR count). The van der Waals surface area contributed by atoms with Crippen molar-refractivity contribution in [3.8, 4) is 5.75 Å². The Kier molecular flexibility index (Phi) is 8.66. The quantitative estimate of drug-likeness (QED) is 0.0793. The SMILES string of the molecule is CC(=O)Oc1ccccc1.O=C(O)c1cc2c3cc(C(=O)O)c(C(=O)O)cc3c3cc(C(=O)O)c(C(=O)O)cc3c2cc1C(=O)O. The highest BCUT2D eigenvalue weighted by molar-refractivity contribution is 6.29. The Morgan fingerprint density at radius 1 is 0.413 bits per heavy atom. The second-order valence-corrected chi connectivity index (χ2v) is 9.57. The molecule has 0 heterocycles. The highest BCUT2D eigenvalue weighted by atomic mass is 16.5. The van der Waals surface area contributed by atoms with E-state index in [2.05, 4.69) is 0 Å². The molecule has 0 unspecified atom stereocenters. The smallest absolute Gasteiger partial charge is 0.336 e. The van der Waals surface area contributed by atoms with Gasteiger partial charge in [-0.1, -0.05) is 18.2 Å². The van der Waals surface area contributed by atoms with E-state index >= 15 is 0 Å². The van der Waals surface area contributed by atoms with E-state index in [1.807, 2.05) is 18.2 Å². The molecule has 0 aliphatic heterocycles. The first-order chi connectivity index (χ1) is 21.6. The number of carbonyl (C=O) groups excluding carboxylic acids is 1. The fourth-order valence-electron chi connectivity index (χ4n) is 4.85. The Morgan fingerprint density at radius 2 is 0.630 bits per heavy atom. The molecule has 6 N–H and O–H groups in total. The van der Waals surface area contributed by atoms with Crippen molar-refractivity contribution in [1.29, 1.82) is 0 Å². The van der Waals surface area contributed by atoms with Crippen LogP contribution >= 0.6 is 0 Å². The molecule has 0 aromatic heterocycles. The number of fused-ring (bicyclic) bond motifs is 6. The molecular formula is C32H20O14. The lowest BCUT2D eigenvalue weighted by atomic mass is 9.87. The molecule has 0 atom stereocenters. The maximum absolute atomic E-state index is 11.8. The summed E-state index contributed by atoms with van der Waals surface area (Å²) < 4.78 is 4.78. The van der Waals surface area contributed by atoms with E-state index < -0.39 is 69.2 Å². The van der Waals surface area contributed by atoms with Crippen LogP contribution in [0.4, 0.5) is 0 Å². The first-order valence-corrected chi connectivity index (χ1v) is 12.8. The third-order valence-electron chi connectivity index (χ3n) is 6.73. The normalized spacial score (nSPS) is 10.5. The van der Waals surface area contributed by atoms with E-state index in [0.29, 0.717) is 5.75 Å². The molecule has 0 saturated carbocycles. The van der Waals surface area contributed by atoms with Crippen molar-refractivity contribution in [2.75, 3.05) is 0 Å². The average Bonchev–Trinajstić information content (AvgIpc) is 2.99. The second kappa shape index (κ2) is 12.4. The zero-order valence-corrected chi connectivity index (χ0v) is 23.3. The van der Waals surface area contributed by atoms with E-state index in [1.165, 1.54) is 6.92 Å². The van der Waals surface area contributed by atoms with E-state index in [4.69, 9.17) is 4.74 Å². The molecule has 0 amide bonds. The van der Waals surface area contributed by atoms with Crippen LogP contribution in [0.1, 0.15) is 69.1 Å². The third kappa shape index (κ3) is 6.12. The summed E-state index contributed by atoms with van der Waals surface area (Å²) >= 11 is 0. The summed E-state index contributed by atoms with van der Waals surface area (Å²) in [5.74, 6) is -9.38. The fourth-order valence-corrected chi connectivity index (χ4v) is 4.85. The van der Waals surface area contributed by atoms with Crippen LogP contribution in [0.2, 0.25) is 0 Å². The molecule has 0 aliphatic rings. The second-order valence-electron chi connectivity index (χ2n) is 9.57. The monoisotopic (exact) mass is 628 g/mol. The van der Waals surface area contributed by atoms with Gasteiger partial charge in [-0.2, -0.15) is 0 Å². The molecular weight excluding hydrogens is 608 g/mol. The average molecular weight is 628 g/mol. The summed E-state index contributed by atoms with van der Waals surface area (Å²) in [6.45, 7) is 1.38. The lowest BCUT2D eigenvalue weighted by molar-refractivity contribution is -0.131. The van der Waals surface area contributed by atoms with Gasteiger partial charge in [0.15, 0.2) is 0 Å². The van der Waals surface area contributed by atoms with Gasteiger partial charge in [0, 0.05) is 6.92 Å². The van der Waals surface area contributed by atoms with Gasteiger partial charge in [0.25, 0.3) is 0 Å². The first-order valence-electron chi connectivity index (χ1n) is 12.8. The number of carboxylic acids is 6. The minimum Gasteiger partial charge on any atom is -0.478 e.